The Morgan fingerprint density at radius 3 is 2.50 bits per heavy atom. The molecule has 0 atom stereocenters. The molecule has 152 valence electrons. The van der Waals surface area contributed by atoms with Crippen molar-refractivity contribution in [2.75, 3.05) is 0 Å². The zero-order chi connectivity index (χ0) is 19.7. The van der Waals surface area contributed by atoms with Crippen LogP contribution in [0.15, 0.2) is 12.1 Å². The fourth-order valence-electron chi connectivity index (χ4n) is 4.62. The van der Waals surface area contributed by atoms with Crippen LogP contribution in [-0.2, 0) is 16.8 Å². The van der Waals surface area contributed by atoms with Crippen molar-refractivity contribution in [2.45, 2.75) is 96.1 Å². The van der Waals surface area contributed by atoms with Gasteiger partial charge in [0.2, 0.25) is 0 Å². The smallest absolute Gasteiger partial charge is 0.160 e. The van der Waals surface area contributed by atoms with E-state index in [0.29, 0.717) is 29.9 Å². The number of carbonyl (C=O) groups excluding carboxylic acids is 1. The lowest BCUT2D eigenvalue weighted by atomic mass is 9.84. The number of imidazole rings is 1. The third kappa shape index (κ3) is 4.00. The SMILES string of the molecule is CC(C)(O)c1ccc2nc(CCCC(=O)C3CCCCC3)n(C3CCC3)c2n1. The number of hydrogen-bond acceptors (Lipinski definition) is 4. The van der Waals surface area contributed by atoms with E-state index in [1.165, 1.54) is 25.7 Å². The van der Waals surface area contributed by atoms with Crippen molar-refractivity contribution >= 4 is 16.9 Å². The Balaban J connectivity index is 1.52. The Kier molecular flexibility index (Phi) is 5.55. The second kappa shape index (κ2) is 7.94. The second-order valence-corrected chi connectivity index (χ2v) is 9.24. The van der Waals surface area contributed by atoms with Crippen molar-refractivity contribution in [1.29, 1.82) is 0 Å². The molecule has 0 spiro atoms. The Morgan fingerprint density at radius 2 is 1.86 bits per heavy atom. The molecule has 0 aromatic carbocycles. The highest BCUT2D eigenvalue weighted by atomic mass is 16.3. The summed E-state index contributed by atoms with van der Waals surface area (Å²) in [5, 5.41) is 10.4. The lowest BCUT2D eigenvalue weighted by molar-refractivity contribution is -0.123. The molecule has 0 radical (unpaired) electrons. The van der Waals surface area contributed by atoms with E-state index in [1.54, 1.807) is 13.8 Å². The summed E-state index contributed by atoms with van der Waals surface area (Å²) in [7, 11) is 0. The predicted molar refractivity (Wildman–Crippen MR) is 110 cm³/mol. The van der Waals surface area contributed by atoms with E-state index in [1.807, 2.05) is 12.1 Å². The van der Waals surface area contributed by atoms with Crippen LogP contribution < -0.4 is 0 Å². The number of fused-ring (bicyclic) bond motifs is 1. The molecule has 2 aliphatic carbocycles. The molecular weight excluding hydrogens is 350 g/mol. The Hall–Kier alpha value is -1.75. The van der Waals surface area contributed by atoms with Crippen LogP contribution in [0.4, 0.5) is 0 Å². The van der Waals surface area contributed by atoms with E-state index < -0.39 is 5.60 Å². The fourth-order valence-corrected chi connectivity index (χ4v) is 4.62. The molecule has 4 rings (SSSR count). The maximum absolute atomic E-state index is 12.5. The quantitative estimate of drug-likeness (QED) is 0.742. The van der Waals surface area contributed by atoms with Gasteiger partial charge in [-0.25, -0.2) is 9.97 Å². The zero-order valence-corrected chi connectivity index (χ0v) is 17.3. The largest absolute Gasteiger partial charge is 0.384 e. The van der Waals surface area contributed by atoms with Gasteiger partial charge in [-0.2, -0.15) is 0 Å². The van der Waals surface area contributed by atoms with Crippen LogP contribution >= 0.6 is 0 Å². The van der Waals surface area contributed by atoms with Gasteiger partial charge in [0.1, 0.15) is 22.7 Å². The standard InChI is InChI=1S/C23H33N3O2/c1-23(2,28)20-15-14-18-22(25-20)26(17-10-6-11-17)21(24-18)13-7-12-19(27)16-8-4-3-5-9-16/h14-17,28H,3-13H2,1-2H3. The van der Waals surface area contributed by atoms with Gasteiger partial charge in [0.25, 0.3) is 0 Å². The summed E-state index contributed by atoms with van der Waals surface area (Å²) in [4.78, 5) is 22.2. The number of aliphatic hydroxyl groups is 1. The summed E-state index contributed by atoms with van der Waals surface area (Å²) in [6, 6.07) is 4.30. The fraction of sp³-hybridized carbons (Fsp3) is 0.696. The lowest BCUT2D eigenvalue weighted by Gasteiger charge is -2.29. The highest BCUT2D eigenvalue weighted by Crippen LogP contribution is 2.36. The van der Waals surface area contributed by atoms with E-state index in [0.717, 1.165) is 55.5 Å². The van der Waals surface area contributed by atoms with Crippen LogP contribution in [-0.4, -0.2) is 25.4 Å². The maximum atomic E-state index is 12.5. The van der Waals surface area contributed by atoms with Gasteiger partial charge in [0.05, 0.1) is 5.69 Å². The van der Waals surface area contributed by atoms with Crippen molar-refractivity contribution in [3.05, 3.63) is 23.7 Å². The van der Waals surface area contributed by atoms with E-state index in [2.05, 4.69) is 4.57 Å². The van der Waals surface area contributed by atoms with Gasteiger partial charge < -0.3 is 9.67 Å². The summed E-state index contributed by atoms with van der Waals surface area (Å²) >= 11 is 0. The summed E-state index contributed by atoms with van der Waals surface area (Å²) in [6.07, 6.45) is 11.8. The highest BCUT2D eigenvalue weighted by Gasteiger charge is 2.27. The van der Waals surface area contributed by atoms with Crippen molar-refractivity contribution in [2.24, 2.45) is 5.92 Å². The van der Waals surface area contributed by atoms with E-state index in [-0.39, 0.29) is 0 Å². The van der Waals surface area contributed by atoms with Gasteiger partial charge in [-0.1, -0.05) is 19.3 Å². The van der Waals surface area contributed by atoms with E-state index in [4.69, 9.17) is 9.97 Å². The first-order chi connectivity index (χ1) is 13.4. The number of aromatic nitrogens is 3. The van der Waals surface area contributed by atoms with Gasteiger partial charge in [0.15, 0.2) is 5.65 Å². The molecule has 5 heteroatoms. The highest BCUT2D eigenvalue weighted by molar-refractivity contribution is 5.81. The summed E-state index contributed by atoms with van der Waals surface area (Å²) < 4.78 is 2.29. The van der Waals surface area contributed by atoms with Crippen molar-refractivity contribution in [3.8, 4) is 0 Å². The van der Waals surface area contributed by atoms with Gasteiger partial charge >= 0.3 is 0 Å². The zero-order valence-electron chi connectivity index (χ0n) is 17.3. The minimum absolute atomic E-state index is 0.301. The third-order valence-corrected chi connectivity index (χ3v) is 6.56. The topological polar surface area (TPSA) is 68.0 Å². The molecule has 1 N–H and O–H groups in total. The average Bonchev–Trinajstić information content (AvgIpc) is 2.98. The van der Waals surface area contributed by atoms with Gasteiger partial charge in [-0.15, -0.1) is 0 Å². The number of rotatable bonds is 7. The third-order valence-electron chi connectivity index (χ3n) is 6.56. The number of pyridine rings is 1. The maximum Gasteiger partial charge on any atom is 0.160 e. The average molecular weight is 384 g/mol. The van der Waals surface area contributed by atoms with Crippen LogP contribution in [0.1, 0.15) is 95.6 Å². The molecule has 0 saturated heterocycles. The van der Waals surface area contributed by atoms with Gasteiger partial charge in [0, 0.05) is 24.8 Å². The normalized spacial score (nSPS) is 19.1. The molecule has 2 aromatic rings. The van der Waals surface area contributed by atoms with Crippen molar-refractivity contribution in [1.82, 2.24) is 14.5 Å². The van der Waals surface area contributed by atoms with Crippen LogP contribution in [0.3, 0.4) is 0 Å². The minimum Gasteiger partial charge on any atom is -0.384 e. The molecule has 28 heavy (non-hydrogen) atoms. The molecule has 0 unspecified atom stereocenters. The van der Waals surface area contributed by atoms with E-state index >= 15 is 0 Å². The summed E-state index contributed by atoms with van der Waals surface area (Å²) in [5.41, 5.74) is 1.50. The van der Waals surface area contributed by atoms with Crippen LogP contribution in [0, 0.1) is 5.92 Å². The summed E-state index contributed by atoms with van der Waals surface area (Å²) in [5.74, 6) is 1.81. The van der Waals surface area contributed by atoms with Gasteiger partial charge in [-0.3, -0.25) is 4.79 Å². The number of aryl methyl sites for hydroxylation is 1. The number of ketones is 1. The lowest BCUT2D eigenvalue weighted by Crippen LogP contribution is -2.22. The first-order valence-electron chi connectivity index (χ1n) is 11.1. The summed E-state index contributed by atoms with van der Waals surface area (Å²) in [6.45, 7) is 3.53. The van der Waals surface area contributed by atoms with Crippen LogP contribution in [0.2, 0.25) is 0 Å². The predicted octanol–water partition coefficient (Wildman–Crippen LogP) is 4.86. The minimum atomic E-state index is -0.963. The molecule has 0 bridgehead atoms. The Bertz CT molecular complexity index is 839. The first kappa shape index (κ1) is 19.6. The molecule has 2 fully saturated rings. The molecule has 2 saturated carbocycles. The second-order valence-electron chi connectivity index (χ2n) is 9.24. The van der Waals surface area contributed by atoms with Crippen molar-refractivity contribution < 1.29 is 9.90 Å². The molecule has 0 aliphatic heterocycles. The van der Waals surface area contributed by atoms with Crippen LogP contribution in [0.25, 0.3) is 11.2 Å². The van der Waals surface area contributed by atoms with E-state index in [9.17, 15) is 9.90 Å². The molecule has 2 aliphatic rings. The Labute approximate surface area is 167 Å². The molecule has 2 heterocycles. The number of nitrogens with zero attached hydrogens (tertiary/aromatic N) is 3. The number of carbonyl (C=O) groups is 1. The molecule has 5 nitrogen and oxygen atoms in total. The Morgan fingerprint density at radius 1 is 1.11 bits per heavy atom. The first-order valence-corrected chi connectivity index (χ1v) is 11.1. The van der Waals surface area contributed by atoms with Gasteiger partial charge in [-0.05, 0) is 64.5 Å². The van der Waals surface area contributed by atoms with Crippen LogP contribution in [0.5, 0.6) is 0 Å². The molecule has 0 amide bonds. The number of hydrogen-bond donors (Lipinski definition) is 1. The van der Waals surface area contributed by atoms with Crippen molar-refractivity contribution in [3.63, 3.8) is 0 Å². The number of Topliss-reactive ketones (excluding diaryl/α,β-unsaturated/α-hetero) is 1. The molecule has 2 aromatic heterocycles. The monoisotopic (exact) mass is 383 g/mol. The molecular formula is C23H33N3O2.